The number of rotatable bonds is 2. The fraction of sp³-hybridized carbons (Fsp3) is 0.375. The molecule has 0 aliphatic rings. The largest absolute Gasteiger partial charge is 0.256 e. The maximum Gasteiger partial charge on any atom is 0.150 e. The average molecular weight is 170 g/mol. The highest BCUT2D eigenvalue weighted by molar-refractivity contribution is 6.29. The van der Waals surface area contributed by atoms with Gasteiger partial charge >= 0.3 is 0 Å². The molecule has 1 rings (SSSR count). The summed E-state index contributed by atoms with van der Waals surface area (Å²) in [5.41, 5.74) is 0.856. The van der Waals surface area contributed by atoms with Crippen LogP contribution in [0, 0.1) is 5.92 Å². The van der Waals surface area contributed by atoms with Gasteiger partial charge in [-0.25, -0.2) is 4.98 Å². The third-order valence-corrected chi connectivity index (χ3v) is 1.56. The van der Waals surface area contributed by atoms with Gasteiger partial charge in [0.05, 0.1) is 5.69 Å². The summed E-state index contributed by atoms with van der Waals surface area (Å²) in [5.74, 6) is 1.28. The zero-order valence-electron chi connectivity index (χ0n) is 6.63. The molecule has 11 heavy (non-hydrogen) atoms. The molecule has 0 spiro atoms. The highest BCUT2D eigenvalue weighted by Crippen LogP contribution is 2.13. The summed E-state index contributed by atoms with van der Waals surface area (Å²) in [6.45, 7) is 4.09. The molecule has 59 valence electrons. The summed E-state index contributed by atoms with van der Waals surface area (Å²) >= 11 is 5.78. The average Bonchev–Trinajstić information content (AvgIpc) is 1.93. The molecule has 1 heterocycles. The minimum Gasteiger partial charge on any atom is -0.256 e. The van der Waals surface area contributed by atoms with E-state index in [9.17, 15) is 0 Å². The molecule has 0 atom stereocenters. The maximum absolute atomic E-state index is 5.78. The normalized spacial score (nSPS) is 10.5. The van der Waals surface area contributed by atoms with Crippen molar-refractivity contribution in [2.45, 2.75) is 20.3 Å². The van der Waals surface area contributed by atoms with Crippen LogP contribution in [-0.2, 0) is 6.42 Å². The van der Waals surface area contributed by atoms with Crippen molar-refractivity contribution in [3.8, 4) is 0 Å². The molecule has 1 aromatic heterocycles. The van der Waals surface area contributed by atoms with Crippen molar-refractivity contribution in [2.75, 3.05) is 0 Å². The van der Waals surface area contributed by atoms with Crippen molar-refractivity contribution < 1.29 is 0 Å². The summed E-state index contributed by atoms with van der Waals surface area (Å²) in [4.78, 5) is 8.02. The smallest absolute Gasteiger partial charge is 0.150 e. The van der Waals surface area contributed by atoms with Crippen LogP contribution >= 0.6 is 11.6 Å². The SMILES string of the molecule is C[C](C)Cc1nccnc1Cl. The Hall–Kier alpha value is -0.630. The highest BCUT2D eigenvalue weighted by Gasteiger charge is 2.03. The molecule has 3 heteroatoms. The van der Waals surface area contributed by atoms with Gasteiger partial charge in [-0.3, -0.25) is 4.98 Å². The summed E-state index contributed by atoms with van der Waals surface area (Å²) in [6.07, 6.45) is 4.06. The van der Waals surface area contributed by atoms with E-state index in [1.807, 2.05) is 13.8 Å². The highest BCUT2D eigenvalue weighted by atomic mass is 35.5. The second-order valence-electron chi connectivity index (χ2n) is 2.68. The van der Waals surface area contributed by atoms with E-state index in [1.165, 1.54) is 5.92 Å². The van der Waals surface area contributed by atoms with Crippen molar-refractivity contribution >= 4 is 11.6 Å². The van der Waals surface area contributed by atoms with E-state index < -0.39 is 0 Å². The van der Waals surface area contributed by atoms with E-state index >= 15 is 0 Å². The predicted octanol–water partition coefficient (Wildman–Crippen LogP) is 2.29. The van der Waals surface area contributed by atoms with Crippen molar-refractivity contribution in [3.05, 3.63) is 29.2 Å². The van der Waals surface area contributed by atoms with E-state index in [0.29, 0.717) is 5.15 Å². The second kappa shape index (κ2) is 3.67. The summed E-state index contributed by atoms with van der Waals surface area (Å²) in [6, 6.07) is 0. The van der Waals surface area contributed by atoms with Crippen LogP contribution in [0.5, 0.6) is 0 Å². The molecule has 0 saturated carbocycles. The van der Waals surface area contributed by atoms with Crippen LogP contribution in [0.3, 0.4) is 0 Å². The van der Waals surface area contributed by atoms with Gasteiger partial charge in [0, 0.05) is 12.4 Å². The van der Waals surface area contributed by atoms with Gasteiger partial charge in [0.15, 0.2) is 0 Å². The van der Waals surface area contributed by atoms with Crippen LogP contribution in [0.25, 0.3) is 0 Å². The van der Waals surface area contributed by atoms with Gasteiger partial charge in [-0.05, 0) is 12.3 Å². The monoisotopic (exact) mass is 169 g/mol. The van der Waals surface area contributed by atoms with Crippen molar-refractivity contribution in [1.82, 2.24) is 9.97 Å². The predicted molar refractivity (Wildman–Crippen MR) is 45.3 cm³/mol. The Morgan fingerprint density at radius 2 is 2.00 bits per heavy atom. The van der Waals surface area contributed by atoms with E-state index in [1.54, 1.807) is 12.4 Å². The number of aromatic nitrogens is 2. The Labute approximate surface area is 71.6 Å². The molecule has 1 aromatic rings. The van der Waals surface area contributed by atoms with Gasteiger partial charge in [0.2, 0.25) is 0 Å². The zero-order chi connectivity index (χ0) is 8.27. The number of hydrogen-bond donors (Lipinski definition) is 0. The minimum absolute atomic E-state index is 0.508. The molecule has 0 N–H and O–H groups in total. The number of hydrogen-bond acceptors (Lipinski definition) is 2. The molecular weight excluding hydrogens is 160 g/mol. The van der Waals surface area contributed by atoms with Crippen molar-refractivity contribution in [3.63, 3.8) is 0 Å². The lowest BCUT2D eigenvalue weighted by Crippen LogP contribution is -1.97. The van der Waals surface area contributed by atoms with Gasteiger partial charge in [-0.2, -0.15) is 0 Å². The van der Waals surface area contributed by atoms with Crippen LogP contribution in [0.1, 0.15) is 19.5 Å². The van der Waals surface area contributed by atoms with Crippen LogP contribution in [0.4, 0.5) is 0 Å². The first-order valence-electron chi connectivity index (χ1n) is 3.44. The lowest BCUT2D eigenvalue weighted by Gasteiger charge is -2.03. The lowest BCUT2D eigenvalue weighted by atomic mass is 10.1. The Balaban J connectivity index is 2.78. The minimum atomic E-state index is 0.508. The molecule has 2 nitrogen and oxygen atoms in total. The van der Waals surface area contributed by atoms with E-state index in [-0.39, 0.29) is 0 Å². The lowest BCUT2D eigenvalue weighted by molar-refractivity contribution is 0.903. The third kappa shape index (κ3) is 2.46. The molecular formula is C8H10ClN2. The second-order valence-corrected chi connectivity index (χ2v) is 3.04. The molecule has 0 unspecified atom stereocenters. The topological polar surface area (TPSA) is 25.8 Å². The Morgan fingerprint density at radius 1 is 1.36 bits per heavy atom. The van der Waals surface area contributed by atoms with Gasteiger partial charge < -0.3 is 0 Å². The summed E-state index contributed by atoms with van der Waals surface area (Å²) < 4.78 is 0. The van der Waals surface area contributed by atoms with E-state index in [0.717, 1.165) is 12.1 Å². The van der Waals surface area contributed by atoms with Gasteiger partial charge in [-0.1, -0.05) is 25.4 Å². The number of halogens is 1. The van der Waals surface area contributed by atoms with Gasteiger partial charge in [0.25, 0.3) is 0 Å². The molecule has 0 saturated heterocycles. The van der Waals surface area contributed by atoms with Crippen LogP contribution in [0.15, 0.2) is 12.4 Å². The Morgan fingerprint density at radius 3 is 2.55 bits per heavy atom. The van der Waals surface area contributed by atoms with E-state index in [4.69, 9.17) is 11.6 Å². The first-order valence-corrected chi connectivity index (χ1v) is 3.82. The van der Waals surface area contributed by atoms with Crippen LogP contribution in [-0.4, -0.2) is 9.97 Å². The molecule has 0 amide bonds. The fourth-order valence-corrected chi connectivity index (χ4v) is 0.975. The van der Waals surface area contributed by atoms with Gasteiger partial charge in [0.1, 0.15) is 5.15 Å². The van der Waals surface area contributed by atoms with Crippen molar-refractivity contribution in [1.29, 1.82) is 0 Å². The first kappa shape index (κ1) is 8.47. The molecule has 1 radical (unpaired) electrons. The van der Waals surface area contributed by atoms with Crippen LogP contribution in [0.2, 0.25) is 5.15 Å². The molecule has 0 aromatic carbocycles. The van der Waals surface area contributed by atoms with Crippen molar-refractivity contribution in [2.24, 2.45) is 0 Å². The summed E-state index contributed by atoms with van der Waals surface area (Å²) in [5, 5.41) is 0.508. The third-order valence-electron chi connectivity index (χ3n) is 1.24. The molecule has 0 fully saturated rings. The maximum atomic E-state index is 5.78. The van der Waals surface area contributed by atoms with E-state index in [2.05, 4.69) is 9.97 Å². The van der Waals surface area contributed by atoms with Gasteiger partial charge in [-0.15, -0.1) is 0 Å². The Kier molecular flexibility index (Phi) is 2.83. The first-order chi connectivity index (χ1) is 5.20. The quantitative estimate of drug-likeness (QED) is 0.679. The molecule has 0 aliphatic carbocycles. The standard InChI is InChI=1S/C8H10ClN2/c1-6(2)5-7-8(9)11-4-3-10-7/h3-4H,5H2,1-2H3. The number of nitrogens with zero attached hydrogens (tertiary/aromatic N) is 2. The van der Waals surface area contributed by atoms with Crippen LogP contribution < -0.4 is 0 Å². The Bertz CT molecular complexity index is 235. The molecule has 0 bridgehead atoms. The molecule has 0 aliphatic heterocycles. The fourth-order valence-electron chi connectivity index (χ4n) is 0.803. The zero-order valence-corrected chi connectivity index (χ0v) is 7.39. The summed E-state index contributed by atoms with van der Waals surface area (Å²) in [7, 11) is 0.